The normalized spacial score (nSPS) is 11.7. The van der Waals surface area contributed by atoms with Crippen molar-refractivity contribution in [3.8, 4) is 22.3 Å². The summed E-state index contributed by atoms with van der Waals surface area (Å²) < 4.78 is 0. The van der Waals surface area contributed by atoms with Gasteiger partial charge in [-0.15, -0.1) is 0 Å². The Morgan fingerprint density at radius 2 is 0.633 bits per heavy atom. The molecule has 4 aromatic carbocycles. The first-order valence-electron chi connectivity index (χ1n) is 10.4. The van der Waals surface area contributed by atoms with E-state index in [0.717, 1.165) is 12.8 Å². The molecule has 0 amide bonds. The number of benzene rings is 4. The Balaban J connectivity index is 0.000000124. The average Bonchev–Trinajstić information content (AvgIpc) is 3.38. The van der Waals surface area contributed by atoms with Crippen molar-refractivity contribution in [2.24, 2.45) is 0 Å². The average molecular weight is 395 g/mol. The summed E-state index contributed by atoms with van der Waals surface area (Å²) in [6.07, 6.45) is 2.21. The Morgan fingerprint density at radius 3 is 0.867 bits per heavy atom. The first-order valence-corrected chi connectivity index (χ1v) is 10.4. The Labute approximate surface area is 178 Å². The lowest BCUT2D eigenvalue weighted by molar-refractivity contribution is 0.186. The van der Waals surface area contributed by atoms with E-state index in [4.69, 9.17) is 10.2 Å². The molecule has 0 fully saturated rings. The second kappa shape index (κ2) is 9.53. The largest absolute Gasteiger partial charge is 0.394 e. The molecule has 0 aromatic heterocycles. The van der Waals surface area contributed by atoms with E-state index >= 15 is 0 Å². The standard InChI is InChI=1S/2C13H10.C2H6O2/c2*1-3-7-12-10(5-1)9-11-6-2-4-8-13(11)12;3-1-2-4/h2*1-8H,9H2;3-4H,1-2H2. The molecule has 0 atom stereocenters. The molecule has 6 rings (SSSR count). The van der Waals surface area contributed by atoms with Crippen LogP contribution >= 0.6 is 0 Å². The van der Waals surface area contributed by atoms with Crippen LogP contribution in [-0.4, -0.2) is 23.4 Å². The summed E-state index contributed by atoms with van der Waals surface area (Å²) in [6, 6.07) is 34.6. The van der Waals surface area contributed by atoms with Crippen LogP contribution in [0, 0.1) is 0 Å². The van der Waals surface area contributed by atoms with Crippen LogP contribution in [0.4, 0.5) is 0 Å². The number of aliphatic hydroxyl groups excluding tert-OH is 2. The fourth-order valence-electron chi connectivity index (χ4n) is 4.16. The van der Waals surface area contributed by atoms with E-state index in [1.165, 1.54) is 44.5 Å². The van der Waals surface area contributed by atoms with Crippen LogP contribution in [0.5, 0.6) is 0 Å². The molecule has 30 heavy (non-hydrogen) atoms. The van der Waals surface area contributed by atoms with Crippen molar-refractivity contribution in [1.29, 1.82) is 0 Å². The van der Waals surface area contributed by atoms with E-state index < -0.39 is 0 Å². The third-order valence-electron chi connectivity index (χ3n) is 5.51. The summed E-state index contributed by atoms with van der Waals surface area (Å²) in [5.41, 5.74) is 11.5. The SMILES string of the molecule is OCCO.c1ccc2c(c1)Cc1ccccc1-2.c1ccc2c(c1)Cc1ccccc1-2. The molecule has 0 radical (unpaired) electrons. The lowest BCUT2D eigenvalue weighted by Gasteiger charge is -1.98. The molecule has 0 saturated heterocycles. The number of hydrogen-bond acceptors (Lipinski definition) is 2. The molecule has 150 valence electrons. The molecule has 4 aromatic rings. The van der Waals surface area contributed by atoms with Gasteiger partial charge in [-0.2, -0.15) is 0 Å². The summed E-state index contributed by atoms with van der Waals surface area (Å²) in [4.78, 5) is 0. The predicted molar refractivity (Wildman–Crippen MR) is 124 cm³/mol. The minimum absolute atomic E-state index is 0.125. The molecule has 0 heterocycles. The monoisotopic (exact) mass is 394 g/mol. The van der Waals surface area contributed by atoms with Crippen LogP contribution in [0.1, 0.15) is 22.3 Å². The third-order valence-corrected chi connectivity index (χ3v) is 5.51. The molecule has 0 bridgehead atoms. The lowest BCUT2D eigenvalue weighted by Crippen LogP contribution is -1.85. The van der Waals surface area contributed by atoms with Gasteiger partial charge >= 0.3 is 0 Å². The van der Waals surface area contributed by atoms with Crippen molar-refractivity contribution >= 4 is 0 Å². The molecule has 2 aliphatic rings. The maximum atomic E-state index is 7.62. The van der Waals surface area contributed by atoms with Gasteiger partial charge in [0.15, 0.2) is 0 Å². The summed E-state index contributed by atoms with van der Waals surface area (Å²) >= 11 is 0. The van der Waals surface area contributed by atoms with Gasteiger partial charge < -0.3 is 10.2 Å². The molecule has 2 N–H and O–H groups in total. The Bertz CT molecular complexity index is 953. The molecule has 2 aliphatic carbocycles. The van der Waals surface area contributed by atoms with E-state index in [2.05, 4.69) is 97.1 Å². The fourth-order valence-corrected chi connectivity index (χ4v) is 4.16. The molecule has 2 nitrogen and oxygen atoms in total. The van der Waals surface area contributed by atoms with Gasteiger partial charge in [0.1, 0.15) is 0 Å². The second-order valence-electron chi connectivity index (χ2n) is 7.43. The van der Waals surface area contributed by atoms with Gasteiger partial charge in [-0.25, -0.2) is 0 Å². The Kier molecular flexibility index (Phi) is 6.38. The van der Waals surface area contributed by atoms with Gasteiger partial charge in [-0.3, -0.25) is 0 Å². The van der Waals surface area contributed by atoms with Crippen LogP contribution < -0.4 is 0 Å². The van der Waals surface area contributed by atoms with E-state index in [1.54, 1.807) is 0 Å². The maximum Gasteiger partial charge on any atom is 0.0662 e. The zero-order valence-corrected chi connectivity index (χ0v) is 17.0. The van der Waals surface area contributed by atoms with E-state index in [1.807, 2.05) is 0 Å². The molecular weight excluding hydrogens is 368 g/mol. The van der Waals surface area contributed by atoms with Gasteiger partial charge in [-0.05, 0) is 57.3 Å². The van der Waals surface area contributed by atoms with Crippen LogP contribution in [-0.2, 0) is 12.8 Å². The van der Waals surface area contributed by atoms with Crippen LogP contribution in [0.15, 0.2) is 97.1 Å². The number of aliphatic hydroxyl groups is 2. The molecular formula is C28H26O2. The third kappa shape index (κ3) is 4.20. The van der Waals surface area contributed by atoms with Gasteiger partial charge in [0, 0.05) is 0 Å². The Morgan fingerprint density at radius 1 is 0.400 bits per heavy atom. The summed E-state index contributed by atoms with van der Waals surface area (Å²) in [5, 5.41) is 15.2. The highest BCUT2D eigenvalue weighted by atomic mass is 16.3. The highest BCUT2D eigenvalue weighted by Crippen LogP contribution is 2.36. The molecule has 0 aliphatic heterocycles. The number of rotatable bonds is 1. The topological polar surface area (TPSA) is 40.5 Å². The highest BCUT2D eigenvalue weighted by Gasteiger charge is 2.16. The van der Waals surface area contributed by atoms with Crippen LogP contribution in [0.2, 0.25) is 0 Å². The van der Waals surface area contributed by atoms with Crippen molar-refractivity contribution in [1.82, 2.24) is 0 Å². The number of fused-ring (bicyclic) bond motifs is 6. The van der Waals surface area contributed by atoms with Gasteiger partial charge in [-0.1, -0.05) is 97.1 Å². The minimum atomic E-state index is -0.125. The van der Waals surface area contributed by atoms with Crippen molar-refractivity contribution in [2.45, 2.75) is 12.8 Å². The maximum absolute atomic E-state index is 7.62. The minimum Gasteiger partial charge on any atom is -0.394 e. The van der Waals surface area contributed by atoms with Crippen LogP contribution in [0.3, 0.4) is 0 Å². The molecule has 0 spiro atoms. The quantitative estimate of drug-likeness (QED) is 0.387. The van der Waals surface area contributed by atoms with E-state index in [9.17, 15) is 0 Å². The predicted octanol–water partition coefficient (Wildman–Crippen LogP) is 5.49. The van der Waals surface area contributed by atoms with Crippen molar-refractivity contribution in [3.05, 3.63) is 119 Å². The van der Waals surface area contributed by atoms with Crippen molar-refractivity contribution in [3.63, 3.8) is 0 Å². The first kappa shape index (κ1) is 20.1. The summed E-state index contributed by atoms with van der Waals surface area (Å²) in [7, 11) is 0. The van der Waals surface area contributed by atoms with Crippen molar-refractivity contribution in [2.75, 3.05) is 13.2 Å². The van der Waals surface area contributed by atoms with E-state index in [0.29, 0.717) is 0 Å². The van der Waals surface area contributed by atoms with Crippen LogP contribution in [0.25, 0.3) is 22.3 Å². The zero-order valence-electron chi connectivity index (χ0n) is 17.0. The second-order valence-corrected chi connectivity index (χ2v) is 7.43. The van der Waals surface area contributed by atoms with Crippen molar-refractivity contribution < 1.29 is 10.2 Å². The highest BCUT2D eigenvalue weighted by molar-refractivity contribution is 5.77. The summed E-state index contributed by atoms with van der Waals surface area (Å²) in [6.45, 7) is -0.250. The Hall–Kier alpha value is -3.20. The van der Waals surface area contributed by atoms with Gasteiger partial charge in [0.05, 0.1) is 13.2 Å². The van der Waals surface area contributed by atoms with E-state index in [-0.39, 0.29) is 13.2 Å². The fraction of sp³-hybridized carbons (Fsp3) is 0.143. The number of hydrogen-bond donors (Lipinski definition) is 2. The smallest absolute Gasteiger partial charge is 0.0662 e. The molecule has 0 saturated carbocycles. The summed E-state index contributed by atoms with van der Waals surface area (Å²) in [5.74, 6) is 0. The first-order chi connectivity index (χ1) is 14.8. The van der Waals surface area contributed by atoms with Gasteiger partial charge in [0.2, 0.25) is 0 Å². The molecule has 0 unspecified atom stereocenters. The molecule has 2 heteroatoms. The lowest BCUT2D eigenvalue weighted by atomic mass is 10.1. The van der Waals surface area contributed by atoms with Gasteiger partial charge in [0.25, 0.3) is 0 Å². The zero-order chi connectivity index (χ0) is 20.8.